The summed E-state index contributed by atoms with van der Waals surface area (Å²) in [5, 5.41) is 2.12. The fourth-order valence-electron chi connectivity index (χ4n) is 3.55. The Morgan fingerprint density at radius 3 is 1.36 bits per heavy atom. The van der Waals surface area contributed by atoms with E-state index in [0.29, 0.717) is 17.5 Å². The van der Waals surface area contributed by atoms with Crippen molar-refractivity contribution in [1.82, 2.24) is 0 Å². The van der Waals surface area contributed by atoms with Gasteiger partial charge >= 0.3 is 18.2 Å². The second-order valence-corrected chi connectivity index (χ2v) is 17.4. The molecule has 0 unspecified atom stereocenters. The molecule has 2 radical (unpaired) electrons. The van der Waals surface area contributed by atoms with Crippen molar-refractivity contribution < 1.29 is 29.1 Å². The van der Waals surface area contributed by atoms with Crippen LogP contribution in [0.1, 0.15) is 52.8 Å². The van der Waals surface area contributed by atoms with Gasteiger partial charge in [-0.3, -0.25) is 9.78 Å². The zero-order valence-corrected chi connectivity index (χ0v) is 24.9. The predicted octanol–water partition coefficient (Wildman–Crippen LogP) is 6.31. The molecule has 0 saturated carbocycles. The number of carbonyl (C=O) groups is 2. The lowest BCUT2D eigenvalue weighted by Crippen LogP contribution is -2.40. The van der Waals surface area contributed by atoms with E-state index in [9.17, 15) is 9.59 Å². The van der Waals surface area contributed by atoms with Crippen molar-refractivity contribution in [1.29, 1.82) is 0 Å². The van der Waals surface area contributed by atoms with Gasteiger partial charge in [-0.1, -0.05) is 96.7 Å². The summed E-state index contributed by atoms with van der Waals surface area (Å²) in [5.41, 5.74) is 8.26. The minimum absolute atomic E-state index is 0.134. The second kappa shape index (κ2) is 15.3. The first-order valence-corrected chi connectivity index (χ1v) is 18.2. The van der Waals surface area contributed by atoms with Gasteiger partial charge < -0.3 is 0 Å². The van der Waals surface area contributed by atoms with E-state index in [1.54, 1.807) is 24.3 Å². The number of benzene rings is 2. The van der Waals surface area contributed by atoms with Crippen molar-refractivity contribution in [3.8, 4) is 0 Å². The van der Waals surface area contributed by atoms with Crippen LogP contribution >= 0.6 is 0 Å². The third kappa shape index (κ3) is 8.86. The topological polar surface area (TPSA) is 71.1 Å². The summed E-state index contributed by atoms with van der Waals surface area (Å²) in [6, 6.07) is 14.1. The van der Waals surface area contributed by atoms with E-state index in [4.69, 9.17) is 19.6 Å². The highest BCUT2D eigenvalue weighted by Crippen LogP contribution is 2.19. The molecule has 2 aromatic carbocycles. The van der Waals surface area contributed by atoms with Crippen LogP contribution in [-0.4, -0.2) is 28.1 Å². The molecule has 2 rings (SSSR count). The molecule has 0 atom stereocenters. The summed E-state index contributed by atoms with van der Waals surface area (Å²) in [6.45, 7) is 23.7. The van der Waals surface area contributed by atoms with Gasteiger partial charge in [0.1, 0.15) is 16.1 Å². The Morgan fingerprint density at radius 1 is 0.641 bits per heavy atom. The molecular weight excluding hydrogens is 525 g/mol. The molecule has 0 spiro atoms. The lowest BCUT2D eigenvalue weighted by atomic mass is 10.1. The fraction of sp³-hybridized carbons (Fsp3) is 0.226. The van der Waals surface area contributed by atoms with E-state index < -0.39 is 28.1 Å². The summed E-state index contributed by atoms with van der Waals surface area (Å²) in [5.74, 6) is -1.42. The minimum Gasteiger partial charge on any atom is -0.289 e. The van der Waals surface area contributed by atoms with E-state index in [-0.39, 0.29) is 12.7 Å². The number of hydrogen-bond acceptors (Lipinski definition) is 6. The van der Waals surface area contributed by atoms with Crippen molar-refractivity contribution in [3.05, 3.63) is 122 Å². The van der Waals surface area contributed by atoms with Crippen LogP contribution < -0.4 is 10.4 Å². The fourth-order valence-corrected chi connectivity index (χ4v) is 6.60. The molecule has 6 nitrogen and oxygen atoms in total. The highest BCUT2D eigenvalue weighted by molar-refractivity contribution is 6.99. The number of hydrogen-bond donors (Lipinski definition) is 0. The molecule has 8 heteroatoms. The van der Waals surface area contributed by atoms with Crippen LogP contribution in [0, 0.1) is 13.2 Å². The summed E-state index contributed by atoms with van der Waals surface area (Å²) in [7, 11) is -3.99. The van der Waals surface area contributed by atoms with Gasteiger partial charge in [0, 0.05) is 6.42 Å². The van der Waals surface area contributed by atoms with Gasteiger partial charge in [-0.2, -0.15) is 0 Å². The van der Waals surface area contributed by atoms with Gasteiger partial charge in [-0.25, -0.2) is 9.59 Å². The molecule has 0 saturated heterocycles. The van der Waals surface area contributed by atoms with E-state index in [1.807, 2.05) is 47.1 Å². The molecule has 0 aliphatic carbocycles. The van der Waals surface area contributed by atoms with Crippen molar-refractivity contribution in [3.63, 3.8) is 0 Å². The first-order chi connectivity index (χ1) is 18.7. The Balaban J connectivity index is 2.01. The number of rotatable bonds is 17. The monoisotopic (exact) mass is 562 g/mol. The van der Waals surface area contributed by atoms with Gasteiger partial charge in [0.2, 0.25) is 0 Å². The maximum absolute atomic E-state index is 12.6. The highest BCUT2D eigenvalue weighted by atomic mass is 28.3. The molecule has 0 bridgehead atoms. The van der Waals surface area contributed by atoms with Gasteiger partial charge in [-0.05, 0) is 30.7 Å². The van der Waals surface area contributed by atoms with E-state index in [2.05, 4.69) is 46.3 Å². The average molecular weight is 563 g/mol. The lowest BCUT2D eigenvalue weighted by molar-refractivity contribution is -0.363. The van der Waals surface area contributed by atoms with Crippen molar-refractivity contribution >= 4 is 38.5 Å². The first kappa shape index (κ1) is 31.9. The maximum atomic E-state index is 12.6. The Hall–Kier alpha value is -3.31. The zero-order chi connectivity index (χ0) is 28.9. The Kier molecular flexibility index (Phi) is 12.5. The smallest absolute Gasteiger partial charge is 0.289 e. The number of carbonyl (C=O) groups excluding carboxylic acids is 2. The largest absolute Gasteiger partial charge is 0.373 e. The van der Waals surface area contributed by atoms with Gasteiger partial charge in [-0.15, -0.1) is 36.1 Å². The lowest BCUT2D eigenvalue weighted by Gasteiger charge is -2.19. The van der Waals surface area contributed by atoms with E-state index in [0.717, 1.165) is 29.6 Å². The van der Waals surface area contributed by atoms with Crippen molar-refractivity contribution in [2.75, 3.05) is 0 Å². The normalized spacial score (nSPS) is 11.5. The predicted molar refractivity (Wildman–Crippen MR) is 161 cm³/mol. The van der Waals surface area contributed by atoms with Crippen LogP contribution in [0.15, 0.2) is 97.6 Å². The van der Waals surface area contributed by atoms with Crippen LogP contribution in [-0.2, 0) is 19.6 Å². The third-order valence-electron chi connectivity index (χ3n) is 6.73. The van der Waals surface area contributed by atoms with Gasteiger partial charge in [0.05, 0.1) is 11.1 Å². The standard InChI is InChI=1S/C31H38O6Si2/c1-8-13-14-15-16-29(34-36-30(32)25-17-21-27(22-18-25)38(6,9-2)10-3)35-37-31(33)26-19-23-28(24-20-26)39(7,11-4)12-5/h9-12,17-24H,1-5,8,13-16H2,6-7H3. The van der Waals surface area contributed by atoms with Crippen LogP contribution in [0.3, 0.4) is 0 Å². The SMILES string of the molecule is [CH2]CCCCC[C](OOC(=O)c1ccc([Si](C)(C=C)C=C)cc1)OOC(=O)c1ccc([Si](C)(C=C)C=C)cc1. The first-order valence-electron chi connectivity index (χ1n) is 12.8. The molecule has 0 aliphatic heterocycles. The summed E-state index contributed by atoms with van der Waals surface area (Å²) < 4.78 is 0. The van der Waals surface area contributed by atoms with Crippen LogP contribution in [0.4, 0.5) is 0 Å². The van der Waals surface area contributed by atoms with Crippen molar-refractivity contribution in [2.45, 2.75) is 45.2 Å². The minimum atomic E-state index is -2.00. The zero-order valence-electron chi connectivity index (χ0n) is 22.9. The molecule has 39 heavy (non-hydrogen) atoms. The second-order valence-electron chi connectivity index (χ2n) is 9.48. The quantitative estimate of drug-likeness (QED) is 0.0974. The Morgan fingerprint density at radius 2 is 1.03 bits per heavy atom. The van der Waals surface area contributed by atoms with E-state index in [1.165, 1.54) is 0 Å². The Bertz CT molecular complexity index is 1040. The summed E-state index contributed by atoms with van der Waals surface area (Å²) in [4.78, 5) is 45.5. The van der Waals surface area contributed by atoms with Gasteiger partial charge in [0.15, 0.2) is 0 Å². The summed E-state index contributed by atoms with van der Waals surface area (Å²) >= 11 is 0. The molecular formula is C31H38O6Si2. The average Bonchev–Trinajstić information content (AvgIpc) is 2.99. The van der Waals surface area contributed by atoms with Crippen LogP contribution in [0.25, 0.3) is 0 Å². The molecule has 0 amide bonds. The number of unbranched alkanes of at least 4 members (excludes halogenated alkanes) is 3. The molecule has 0 N–H and O–H groups in total. The van der Waals surface area contributed by atoms with Crippen LogP contribution in [0.2, 0.25) is 13.1 Å². The third-order valence-corrected chi connectivity index (χ3v) is 13.3. The summed E-state index contributed by atoms with van der Waals surface area (Å²) in [6.07, 6.45) is 3.37. The molecule has 0 fully saturated rings. The van der Waals surface area contributed by atoms with Gasteiger partial charge in [0.25, 0.3) is 0 Å². The molecule has 2 aromatic rings. The molecule has 0 heterocycles. The highest BCUT2D eigenvalue weighted by Gasteiger charge is 2.25. The molecule has 0 aromatic heterocycles. The van der Waals surface area contributed by atoms with E-state index >= 15 is 0 Å². The maximum Gasteiger partial charge on any atom is 0.373 e. The van der Waals surface area contributed by atoms with Crippen LogP contribution in [0.5, 0.6) is 0 Å². The molecule has 0 aliphatic rings. The Labute approximate surface area is 234 Å². The van der Waals surface area contributed by atoms with Crippen molar-refractivity contribution in [2.24, 2.45) is 0 Å². The molecule has 206 valence electrons.